The van der Waals surface area contributed by atoms with Crippen molar-refractivity contribution >= 4 is 23.6 Å². The van der Waals surface area contributed by atoms with Crippen LogP contribution < -0.4 is 0 Å². The molecule has 160 valence electrons. The first-order valence-corrected chi connectivity index (χ1v) is 9.33. The number of carboxylic acids is 3. The highest BCUT2D eigenvalue weighted by atomic mass is 16.4. The maximum absolute atomic E-state index is 11.5. The van der Waals surface area contributed by atoms with Crippen molar-refractivity contribution in [3.8, 4) is 0 Å². The van der Waals surface area contributed by atoms with Crippen molar-refractivity contribution in [1.82, 2.24) is 14.7 Å². The molecule has 1 heterocycles. The largest absolute Gasteiger partial charge is 0.480 e. The minimum atomic E-state index is -1.17. The van der Waals surface area contributed by atoms with Gasteiger partial charge in [0.15, 0.2) is 0 Å². The first kappa shape index (κ1) is 24.0. The number of rotatable bonds is 6. The highest BCUT2D eigenvalue weighted by Gasteiger charge is 2.22. The Bertz CT molecular complexity index is 587. The summed E-state index contributed by atoms with van der Waals surface area (Å²) in [6, 6.07) is 0. The fourth-order valence-electron chi connectivity index (χ4n) is 3.10. The van der Waals surface area contributed by atoms with Crippen LogP contribution in [0.5, 0.6) is 0 Å². The van der Waals surface area contributed by atoms with Crippen LogP contribution in [0.2, 0.25) is 0 Å². The van der Waals surface area contributed by atoms with Gasteiger partial charge in [0.1, 0.15) is 5.71 Å². The Labute approximate surface area is 165 Å². The Morgan fingerprint density at radius 2 is 1.36 bits per heavy atom. The van der Waals surface area contributed by atoms with Crippen LogP contribution in [0, 0.1) is 5.41 Å². The summed E-state index contributed by atoms with van der Waals surface area (Å²) in [7, 11) is 0. The lowest BCUT2D eigenvalue weighted by atomic mass is 9.96. The third kappa shape index (κ3) is 10.3. The minimum Gasteiger partial charge on any atom is -0.480 e. The van der Waals surface area contributed by atoms with Gasteiger partial charge in [-0.05, 0) is 5.41 Å². The molecule has 1 aliphatic rings. The molecule has 0 spiro atoms. The van der Waals surface area contributed by atoms with Crippen LogP contribution >= 0.6 is 0 Å². The molecule has 0 saturated carbocycles. The van der Waals surface area contributed by atoms with Crippen LogP contribution in [-0.2, 0) is 14.4 Å². The molecule has 0 bridgehead atoms. The Hall–Kier alpha value is -2.04. The van der Waals surface area contributed by atoms with E-state index < -0.39 is 17.9 Å². The number of hydrogen-bond acceptors (Lipinski definition) is 7. The average Bonchev–Trinajstić information content (AvgIpc) is 2.51. The summed E-state index contributed by atoms with van der Waals surface area (Å²) in [5.74, 6) is -3.19. The minimum absolute atomic E-state index is 0.0341. The summed E-state index contributed by atoms with van der Waals surface area (Å²) in [4.78, 5) is 43.4. The third-order valence-corrected chi connectivity index (χ3v) is 4.22. The van der Waals surface area contributed by atoms with Crippen LogP contribution in [0.15, 0.2) is 4.99 Å². The molecular formula is C18H32N4O6. The number of aliphatic carboxylic acids is 3. The molecule has 0 unspecified atom stereocenters. The zero-order valence-electron chi connectivity index (χ0n) is 16.9. The van der Waals surface area contributed by atoms with E-state index in [9.17, 15) is 24.6 Å². The third-order valence-electron chi connectivity index (χ3n) is 4.22. The smallest absolute Gasteiger partial charge is 0.351 e. The zero-order valence-corrected chi connectivity index (χ0v) is 16.9. The SMILES string of the molecule is CC(C)(C)CN1CCN=C(C(=O)O)CN(CC(=O)O)CCN(CC(=O)O)CC1. The molecule has 0 radical (unpaired) electrons. The summed E-state index contributed by atoms with van der Waals surface area (Å²) in [6.07, 6.45) is 0. The summed E-state index contributed by atoms with van der Waals surface area (Å²) in [6.45, 7) is 9.08. The number of carbonyl (C=O) groups is 3. The standard InChI is InChI=1S/C18H32N4O6/c1-18(2,3)13-21-5-4-19-14(17(27)28)10-22(12-16(25)26)9-7-20(6-8-21)11-15(23)24/h4-13H2,1-3H3,(H,23,24)(H,25,26)(H,27,28). The predicted molar refractivity (Wildman–Crippen MR) is 104 cm³/mol. The fourth-order valence-corrected chi connectivity index (χ4v) is 3.10. The van der Waals surface area contributed by atoms with Crippen LogP contribution in [0.3, 0.4) is 0 Å². The van der Waals surface area contributed by atoms with Crippen LogP contribution in [0.1, 0.15) is 20.8 Å². The van der Waals surface area contributed by atoms with Crippen molar-refractivity contribution in [3.05, 3.63) is 0 Å². The van der Waals surface area contributed by atoms with Gasteiger partial charge < -0.3 is 15.3 Å². The Morgan fingerprint density at radius 1 is 0.857 bits per heavy atom. The van der Waals surface area contributed by atoms with Crippen molar-refractivity contribution in [2.75, 3.05) is 65.4 Å². The second kappa shape index (κ2) is 11.1. The molecular weight excluding hydrogens is 368 g/mol. The summed E-state index contributed by atoms with van der Waals surface area (Å²) in [5, 5.41) is 27.7. The van der Waals surface area contributed by atoms with Gasteiger partial charge in [0.25, 0.3) is 0 Å². The van der Waals surface area contributed by atoms with E-state index in [2.05, 4.69) is 30.7 Å². The molecule has 0 aromatic rings. The molecule has 10 nitrogen and oxygen atoms in total. The monoisotopic (exact) mass is 400 g/mol. The van der Waals surface area contributed by atoms with E-state index in [0.29, 0.717) is 26.2 Å². The van der Waals surface area contributed by atoms with E-state index in [1.54, 1.807) is 4.90 Å². The quantitative estimate of drug-likeness (QED) is 0.547. The molecule has 28 heavy (non-hydrogen) atoms. The van der Waals surface area contributed by atoms with Gasteiger partial charge in [0.05, 0.1) is 19.6 Å². The maximum Gasteiger partial charge on any atom is 0.351 e. The van der Waals surface area contributed by atoms with Crippen molar-refractivity contribution in [2.45, 2.75) is 20.8 Å². The second-order valence-corrected chi connectivity index (χ2v) is 8.24. The molecule has 1 aliphatic heterocycles. The molecule has 0 atom stereocenters. The molecule has 0 fully saturated rings. The normalized spacial score (nSPS) is 19.3. The Kier molecular flexibility index (Phi) is 9.50. The fraction of sp³-hybridized carbons (Fsp3) is 0.778. The van der Waals surface area contributed by atoms with Gasteiger partial charge in [-0.2, -0.15) is 0 Å². The van der Waals surface area contributed by atoms with E-state index in [0.717, 1.165) is 6.54 Å². The van der Waals surface area contributed by atoms with Gasteiger partial charge in [-0.25, -0.2) is 4.79 Å². The van der Waals surface area contributed by atoms with Gasteiger partial charge in [0, 0.05) is 45.8 Å². The molecule has 10 heteroatoms. The number of hydrogen-bond donors (Lipinski definition) is 3. The Morgan fingerprint density at radius 3 is 1.86 bits per heavy atom. The molecule has 0 amide bonds. The lowest BCUT2D eigenvalue weighted by molar-refractivity contribution is -0.140. The van der Waals surface area contributed by atoms with Gasteiger partial charge in [-0.15, -0.1) is 0 Å². The van der Waals surface area contributed by atoms with Crippen molar-refractivity contribution in [1.29, 1.82) is 0 Å². The van der Waals surface area contributed by atoms with E-state index in [-0.39, 0.29) is 43.9 Å². The van der Waals surface area contributed by atoms with Gasteiger partial charge in [-0.3, -0.25) is 29.3 Å². The summed E-state index contributed by atoms with van der Waals surface area (Å²) in [5.41, 5.74) is -0.0471. The molecule has 1 rings (SSSR count). The number of aliphatic imine (C=N–C) groups is 1. The molecule has 0 aliphatic carbocycles. The summed E-state index contributed by atoms with van der Waals surface area (Å²) >= 11 is 0. The highest BCUT2D eigenvalue weighted by Crippen LogP contribution is 2.15. The van der Waals surface area contributed by atoms with E-state index in [1.807, 2.05) is 0 Å². The maximum atomic E-state index is 11.5. The molecule has 0 aromatic carbocycles. The van der Waals surface area contributed by atoms with E-state index in [4.69, 9.17) is 5.11 Å². The van der Waals surface area contributed by atoms with Gasteiger partial charge in [-0.1, -0.05) is 20.8 Å². The van der Waals surface area contributed by atoms with Crippen LogP contribution in [0.4, 0.5) is 0 Å². The van der Waals surface area contributed by atoms with Crippen molar-refractivity contribution in [2.24, 2.45) is 10.4 Å². The molecule has 3 N–H and O–H groups in total. The molecule has 0 aromatic heterocycles. The first-order valence-electron chi connectivity index (χ1n) is 9.33. The Balaban J connectivity index is 3.03. The highest BCUT2D eigenvalue weighted by molar-refractivity contribution is 6.36. The topological polar surface area (TPSA) is 134 Å². The first-order chi connectivity index (χ1) is 13.0. The van der Waals surface area contributed by atoms with E-state index >= 15 is 0 Å². The van der Waals surface area contributed by atoms with Crippen molar-refractivity contribution in [3.63, 3.8) is 0 Å². The van der Waals surface area contributed by atoms with Crippen LogP contribution in [-0.4, -0.2) is 119 Å². The summed E-state index contributed by atoms with van der Waals surface area (Å²) < 4.78 is 0. The predicted octanol–water partition coefficient (Wildman–Crippen LogP) is -0.353. The number of carboxylic acid groups (broad SMARTS) is 3. The lowest BCUT2D eigenvalue weighted by Crippen LogP contribution is -2.46. The van der Waals surface area contributed by atoms with E-state index in [1.165, 1.54) is 4.90 Å². The zero-order chi connectivity index (χ0) is 21.3. The average molecular weight is 400 g/mol. The van der Waals surface area contributed by atoms with Gasteiger partial charge >= 0.3 is 17.9 Å². The van der Waals surface area contributed by atoms with Crippen LogP contribution in [0.25, 0.3) is 0 Å². The number of nitrogens with zero attached hydrogens (tertiary/aromatic N) is 4. The molecule has 0 saturated heterocycles. The van der Waals surface area contributed by atoms with Gasteiger partial charge in [0.2, 0.25) is 0 Å². The lowest BCUT2D eigenvalue weighted by Gasteiger charge is -2.32. The second-order valence-electron chi connectivity index (χ2n) is 8.24. The van der Waals surface area contributed by atoms with Crippen molar-refractivity contribution < 1.29 is 29.7 Å².